The number of hydrogen-bond acceptors (Lipinski definition) is 2. The lowest BCUT2D eigenvalue weighted by molar-refractivity contribution is 0.616. The summed E-state index contributed by atoms with van der Waals surface area (Å²) in [5.41, 5.74) is 19.3. The number of hydrogen-bond donors (Lipinski definition) is 0. The van der Waals surface area contributed by atoms with Crippen molar-refractivity contribution in [2.45, 2.75) is 10.8 Å². The Morgan fingerprint density at radius 2 is 0.589 bits per heavy atom. The summed E-state index contributed by atoms with van der Waals surface area (Å²) < 4.78 is 35.7. The summed E-state index contributed by atoms with van der Waals surface area (Å²) in [6, 6.07) is 109. The quantitative estimate of drug-likeness (QED) is 0.114. The molecule has 0 aromatic heterocycles. The molecule has 2 unspecified atom stereocenters. The predicted molar refractivity (Wildman–Crippen MR) is 371 cm³/mol. The zero-order valence-electron chi connectivity index (χ0n) is 49.2. The van der Waals surface area contributed by atoms with E-state index >= 15 is 8.78 Å². The van der Waals surface area contributed by atoms with Crippen LogP contribution in [0.15, 0.2) is 329 Å². The molecule has 0 N–H and O–H groups in total. The molecule has 14 aromatic carbocycles. The fourth-order valence-corrected chi connectivity index (χ4v) is 14.9. The Morgan fingerprint density at radius 3 is 0.989 bits per heavy atom. The molecule has 90 heavy (non-hydrogen) atoms. The van der Waals surface area contributed by atoms with E-state index in [0.717, 1.165) is 111 Å². The summed E-state index contributed by atoms with van der Waals surface area (Å²) in [5, 5.41) is 4.09. The van der Waals surface area contributed by atoms with Crippen molar-refractivity contribution >= 4 is 67.8 Å². The van der Waals surface area contributed by atoms with E-state index in [1.807, 2.05) is 48.6 Å². The van der Waals surface area contributed by atoms with Crippen molar-refractivity contribution in [1.29, 1.82) is 0 Å². The minimum Gasteiger partial charge on any atom is -0.310 e. The summed E-state index contributed by atoms with van der Waals surface area (Å²) in [5.74, 6) is -1.11. The van der Waals surface area contributed by atoms with Gasteiger partial charge < -0.3 is 9.80 Å². The topological polar surface area (TPSA) is 6.48 Å². The van der Waals surface area contributed by atoms with E-state index in [-0.39, 0.29) is 11.1 Å². The van der Waals surface area contributed by atoms with Crippen molar-refractivity contribution in [3.05, 3.63) is 396 Å². The standard InChI is InChI=1S/C86H58F2N2/c1-3-57-37-41-63(42-38-57)85(61-25-7-5-8-26-61)77-33-17-15-31-71(77)73-49-45-65(53-79(73)85)89(83-35-19-23-59-21-11-13-29-69(59)83)67-47-51-75(81(87)55-67)76-52-48-68(56-82(76)88)90(84-36-20-24-60-22-12-14-30-70(60)84)66-46-50-74-72-32-16-18-34-78(72)86(80(74)54-66,62-27-9-6-10-28-62)64-43-39-58(4-2)40-44-64/h3-56H,1-2H2. The van der Waals surface area contributed by atoms with E-state index in [2.05, 4.69) is 278 Å². The Balaban J connectivity index is 0.844. The van der Waals surface area contributed by atoms with Gasteiger partial charge in [-0.1, -0.05) is 268 Å². The molecule has 0 saturated carbocycles. The number of anilines is 6. The van der Waals surface area contributed by atoms with Gasteiger partial charge in [-0.3, -0.25) is 0 Å². The van der Waals surface area contributed by atoms with Gasteiger partial charge in [0.05, 0.1) is 22.2 Å². The van der Waals surface area contributed by atoms with Crippen LogP contribution in [0.3, 0.4) is 0 Å². The second kappa shape index (κ2) is 21.7. The van der Waals surface area contributed by atoms with Crippen LogP contribution in [0.25, 0.3) is 67.1 Å². The third kappa shape index (κ3) is 8.36. The highest BCUT2D eigenvalue weighted by atomic mass is 19.1. The second-order valence-electron chi connectivity index (χ2n) is 23.4. The molecule has 0 spiro atoms. The summed E-state index contributed by atoms with van der Waals surface area (Å²) in [6.45, 7) is 8.14. The molecule has 16 rings (SSSR count). The molecular formula is C86H58F2N2. The first-order chi connectivity index (χ1) is 44.4. The lowest BCUT2D eigenvalue weighted by Gasteiger charge is -2.35. The van der Waals surface area contributed by atoms with Gasteiger partial charge in [-0.05, 0) is 161 Å². The van der Waals surface area contributed by atoms with Gasteiger partial charge in [-0.2, -0.15) is 0 Å². The molecule has 426 valence electrons. The van der Waals surface area contributed by atoms with Crippen molar-refractivity contribution in [1.82, 2.24) is 0 Å². The highest BCUT2D eigenvalue weighted by molar-refractivity contribution is 6.02. The van der Waals surface area contributed by atoms with Crippen molar-refractivity contribution < 1.29 is 8.78 Å². The summed E-state index contributed by atoms with van der Waals surface area (Å²) >= 11 is 0. The molecule has 0 heterocycles. The fourth-order valence-electron chi connectivity index (χ4n) is 14.9. The van der Waals surface area contributed by atoms with E-state index in [4.69, 9.17) is 0 Å². The van der Waals surface area contributed by atoms with Crippen LogP contribution in [-0.4, -0.2) is 0 Å². The van der Waals surface area contributed by atoms with Crippen LogP contribution in [-0.2, 0) is 10.8 Å². The zero-order chi connectivity index (χ0) is 60.5. The van der Waals surface area contributed by atoms with Crippen molar-refractivity contribution in [3.8, 4) is 33.4 Å². The lowest BCUT2D eigenvalue weighted by atomic mass is 9.67. The maximum absolute atomic E-state index is 17.8. The summed E-state index contributed by atoms with van der Waals surface area (Å²) in [7, 11) is 0. The molecule has 14 aromatic rings. The molecule has 2 aliphatic rings. The maximum atomic E-state index is 17.8. The summed E-state index contributed by atoms with van der Waals surface area (Å²) in [6.07, 6.45) is 3.75. The first kappa shape index (κ1) is 54.0. The van der Waals surface area contributed by atoms with Gasteiger partial charge in [-0.15, -0.1) is 0 Å². The smallest absolute Gasteiger partial charge is 0.133 e. The third-order valence-electron chi connectivity index (χ3n) is 18.9. The monoisotopic (exact) mass is 1160 g/mol. The SMILES string of the molecule is C=Cc1ccc(C2(c3ccccc3)c3ccccc3-c3ccc(N(c4ccc(-c5ccc(N(c6ccc7c(c6)C(c6ccccc6)(c6ccc(C=C)cc6)c6ccccc6-7)c6cccc7ccccc67)cc5F)c(F)c4)c4cccc5ccccc45)cc32)cc1. The summed E-state index contributed by atoms with van der Waals surface area (Å²) in [4.78, 5) is 4.29. The van der Waals surface area contributed by atoms with E-state index in [1.54, 1.807) is 24.3 Å². The molecule has 0 bridgehead atoms. The molecule has 0 amide bonds. The zero-order valence-corrected chi connectivity index (χ0v) is 49.2. The van der Waals surface area contributed by atoms with E-state index < -0.39 is 22.5 Å². The van der Waals surface area contributed by atoms with Crippen LogP contribution in [0.4, 0.5) is 42.9 Å². The molecule has 0 aliphatic heterocycles. The van der Waals surface area contributed by atoms with E-state index in [0.29, 0.717) is 11.4 Å². The largest absolute Gasteiger partial charge is 0.310 e. The lowest BCUT2D eigenvalue weighted by Crippen LogP contribution is -2.28. The van der Waals surface area contributed by atoms with Crippen molar-refractivity contribution in [3.63, 3.8) is 0 Å². The second-order valence-corrected chi connectivity index (χ2v) is 23.4. The van der Waals surface area contributed by atoms with E-state index in [9.17, 15) is 0 Å². The highest BCUT2D eigenvalue weighted by Crippen LogP contribution is 2.60. The molecule has 2 nitrogen and oxygen atoms in total. The highest BCUT2D eigenvalue weighted by Gasteiger charge is 2.48. The molecule has 0 saturated heterocycles. The molecule has 0 radical (unpaired) electrons. The Hall–Kier alpha value is -11.5. The predicted octanol–water partition coefficient (Wildman–Crippen LogP) is 22.9. The number of halogens is 2. The maximum Gasteiger partial charge on any atom is 0.133 e. The Labute approximate surface area is 523 Å². The molecule has 4 heteroatoms. The number of nitrogens with zero attached hydrogens (tertiary/aromatic N) is 2. The van der Waals surface area contributed by atoms with Crippen LogP contribution in [0.2, 0.25) is 0 Å². The average molecular weight is 1160 g/mol. The van der Waals surface area contributed by atoms with E-state index in [1.165, 1.54) is 11.1 Å². The Morgan fingerprint density at radius 1 is 0.267 bits per heavy atom. The van der Waals surface area contributed by atoms with Gasteiger partial charge in [0.25, 0.3) is 0 Å². The molecule has 2 atom stereocenters. The van der Waals surface area contributed by atoms with Crippen LogP contribution in [0.5, 0.6) is 0 Å². The van der Waals surface area contributed by atoms with Gasteiger partial charge in [0, 0.05) is 44.6 Å². The molecule has 2 aliphatic carbocycles. The number of rotatable bonds is 13. The van der Waals surface area contributed by atoms with Crippen LogP contribution >= 0.6 is 0 Å². The van der Waals surface area contributed by atoms with Crippen LogP contribution in [0, 0.1) is 11.6 Å². The van der Waals surface area contributed by atoms with Crippen molar-refractivity contribution in [2.75, 3.05) is 9.80 Å². The van der Waals surface area contributed by atoms with Crippen LogP contribution in [0.1, 0.15) is 55.6 Å². The van der Waals surface area contributed by atoms with Crippen molar-refractivity contribution in [2.24, 2.45) is 0 Å². The molecular weight excluding hydrogens is 1100 g/mol. The normalized spacial score (nSPS) is 15.2. The number of fused-ring (bicyclic) bond motifs is 8. The number of benzene rings is 14. The fraction of sp³-hybridized carbons (Fsp3) is 0.0233. The Kier molecular flexibility index (Phi) is 13.0. The van der Waals surface area contributed by atoms with Gasteiger partial charge in [0.2, 0.25) is 0 Å². The average Bonchev–Trinajstić information content (AvgIpc) is 1.54. The minimum absolute atomic E-state index is 0.151. The minimum atomic E-state index is -0.702. The van der Waals surface area contributed by atoms with Gasteiger partial charge in [0.1, 0.15) is 11.6 Å². The molecule has 0 fully saturated rings. The Bertz CT molecular complexity index is 4810. The van der Waals surface area contributed by atoms with Gasteiger partial charge in [-0.25, -0.2) is 8.78 Å². The van der Waals surface area contributed by atoms with Gasteiger partial charge in [0.15, 0.2) is 0 Å². The van der Waals surface area contributed by atoms with Gasteiger partial charge >= 0.3 is 0 Å². The first-order valence-electron chi connectivity index (χ1n) is 30.6. The van der Waals surface area contributed by atoms with Crippen LogP contribution < -0.4 is 9.80 Å². The third-order valence-corrected chi connectivity index (χ3v) is 18.9. The first-order valence-corrected chi connectivity index (χ1v) is 30.6.